The Morgan fingerprint density at radius 2 is 2.00 bits per heavy atom. The van der Waals surface area contributed by atoms with Gasteiger partial charge in [0.15, 0.2) is 0 Å². The summed E-state index contributed by atoms with van der Waals surface area (Å²) >= 11 is 0. The van der Waals surface area contributed by atoms with Crippen molar-refractivity contribution in [1.82, 2.24) is 15.1 Å². The van der Waals surface area contributed by atoms with Gasteiger partial charge in [-0.05, 0) is 17.7 Å². The number of hydrogen-bond acceptors (Lipinski definition) is 4. The van der Waals surface area contributed by atoms with Crippen LogP contribution in [0.25, 0.3) is 0 Å². The minimum absolute atomic E-state index is 0.209. The van der Waals surface area contributed by atoms with E-state index < -0.39 is 0 Å². The molecule has 6 nitrogen and oxygen atoms in total. The van der Waals surface area contributed by atoms with Crippen molar-refractivity contribution < 1.29 is 9.53 Å². The Labute approximate surface area is 130 Å². The van der Waals surface area contributed by atoms with E-state index in [4.69, 9.17) is 10.5 Å². The van der Waals surface area contributed by atoms with E-state index >= 15 is 0 Å². The molecular formula is C16H22N4O2. The molecule has 1 aromatic heterocycles. The third kappa shape index (κ3) is 3.21. The smallest absolute Gasteiger partial charge is 0.256 e. The van der Waals surface area contributed by atoms with E-state index in [2.05, 4.69) is 24.3 Å². The molecule has 2 aromatic rings. The Kier molecular flexibility index (Phi) is 4.40. The van der Waals surface area contributed by atoms with E-state index in [0.29, 0.717) is 17.9 Å². The summed E-state index contributed by atoms with van der Waals surface area (Å²) in [5.41, 5.74) is 7.12. The summed E-state index contributed by atoms with van der Waals surface area (Å²) in [6, 6.07) is 7.84. The highest BCUT2D eigenvalue weighted by Crippen LogP contribution is 2.24. The molecular weight excluding hydrogens is 280 g/mol. The van der Waals surface area contributed by atoms with Crippen LogP contribution in [-0.4, -0.2) is 29.3 Å². The number of ether oxygens (including phenoxy) is 1. The fourth-order valence-corrected chi connectivity index (χ4v) is 2.16. The quantitative estimate of drug-likeness (QED) is 0.881. The number of hydrogen-bond donors (Lipinski definition) is 2. The standard InChI is InChI=1S/C16H22N4O2/c1-16(2,11-5-7-12(22-4)8-6-11)10-18-15(21)13-9-19-20(3)14(13)17/h5-9H,10,17H2,1-4H3,(H,18,21). The maximum absolute atomic E-state index is 12.2. The molecule has 3 N–H and O–H groups in total. The second-order valence-electron chi connectivity index (χ2n) is 5.86. The van der Waals surface area contributed by atoms with Crippen LogP contribution in [0.5, 0.6) is 5.75 Å². The number of carbonyl (C=O) groups excluding carboxylic acids is 1. The Morgan fingerprint density at radius 3 is 2.50 bits per heavy atom. The predicted octanol–water partition coefficient (Wildman–Crippen LogP) is 1.72. The van der Waals surface area contributed by atoms with Crippen LogP contribution in [0.1, 0.15) is 29.8 Å². The highest BCUT2D eigenvalue weighted by atomic mass is 16.5. The van der Waals surface area contributed by atoms with E-state index in [9.17, 15) is 4.79 Å². The van der Waals surface area contributed by atoms with Crippen molar-refractivity contribution in [2.75, 3.05) is 19.4 Å². The topological polar surface area (TPSA) is 82.2 Å². The van der Waals surface area contributed by atoms with Crippen LogP contribution in [0.2, 0.25) is 0 Å². The summed E-state index contributed by atoms with van der Waals surface area (Å²) in [7, 11) is 3.34. The number of nitrogens with two attached hydrogens (primary N) is 1. The lowest BCUT2D eigenvalue weighted by molar-refractivity contribution is 0.0946. The van der Waals surface area contributed by atoms with Crippen LogP contribution in [0, 0.1) is 0 Å². The Morgan fingerprint density at radius 1 is 1.36 bits per heavy atom. The van der Waals surface area contributed by atoms with Gasteiger partial charge in [-0.25, -0.2) is 0 Å². The molecule has 22 heavy (non-hydrogen) atoms. The molecule has 1 amide bonds. The SMILES string of the molecule is COc1ccc(C(C)(C)CNC(=O)c2cnn(C)c2N)cc1. The summed E-state index contributed by atoms with van der Waals surface area (Å²) in [4.78, 5) is 12.2. The van der Waals surface area contributed by atoms with Crippen molar-refractivity contribution in [3.05, 3.63) is 41.6 Å². The van der Waals surface area contributed by atoms with Crippen molar-refractivity contribution in [2.24, 2.45) is 7.05 Å². The highest BCUT2D eigenvalue weighted by molar-refractivity contribution is 5.98. The van der Waals surface area contributed by atoms with Gasteiger partial charge in [-0.3, -0.25) is 9.48 Å². The summed E-state index contributed by atoms with van der Waals surface area (Å²) in [5, 5.41) is 6.89. The number of amides is 1. The Hall–Kier alpha value is -2.50. The van der Waals surface area contributed by atoms with Crippen LogP contribution in [-0.2, 0) is 12.5 Å². The molecule has 0 aliphatic rings. The molecule has 0 bridgehead atoms. The fourth-order valence-electron chi connectivity index (χ4n) is 2.16. The zero-order valence-electron chi connectivity index (χ0n) is 13.4. The minimum atomic E-state index is -0.216. The van der Waals surface area contributed by atoms with Crippen molar-refractivity contribution in [1.29, 1.82) is 0 Å². The molecule has 0 unspecified atom stereocenters. The molecule has 118 valence electrons. The molecule has 0 atom stereocenters. The maximum Gasteiger partial charge on any atom is 0.256 e. The molecule has 0 aliphatic carbocycles. The molecule has 2 rings (SSSR count). The Bertz CT molecular complexity index is 659. The summed E-state index contributed by atoms with van der Waals surface area (Å²) in [6.45, 7) is 4.63. The first-order valence-electron chi connectivity index (χ1n) is 7.05. The summed E-state index contributed by atoms with van der Waals surface area (Å²) < 4.78 is 6.64. The van der Waals surface area contributed by atoms with E-state index in [0.717, 1.165) is 11.3 Å². The number of nitrogens with zero attached hydrogens (tertiary/aromatic N) is 2. The first-order chi connectivity index (χ1) is 10.3. The molecule has 0 spiro atoms. The number of aryl methyl sites for hydroxylation is 1. The lowest BCUT2D eigenvalue weighted by Crippen LogP contribution is -2.36. The Balaban J connectivity index is 2.05. The third-order valence-electron chi connectivity index (χ3n) is 3.79. The molecule has 0 saturated carbocycles. The lowest BCUT2D eigenvalue weighted by Gasteiger charge is -2.25. The molecule has 1 aromatic carbocycles. The van der Waals surface area contributed by atoms with Gasteiger partial charge in [0.05, 0.1) is 13.3 Å². The van der Waals surface area contributed by atoms with Gasteiger partial charge >= 0.3 is 0 Å². The first-order valence-corrected chi connectivity index (χ1v) is 7.05. The second-order valence-corrected chi connectivity index (χ2v) is 5.86. The number of nitrogen functional groups attached to an aromatic ring is 1. The average molecular weight is 302 g/mol. The second kappa shape index (κ2) is 6.09. The van der Waals surface area contributed by atoms with Crippen molar-refractivity contribution in [3.8, 4) is 5.75 Å². The van der Waals surface area contributed by atoms with Crippen LogP contribution < -0.4 is 15.8 Å². The largest absolute Gasteiger partial charge is 0.497 e. The van der Waals surface area contributed by atoms with Gasteiger partial charge in [0.25, 0.3) is 5.91 Å². The average Bonchev–Trinajstić information content (AvgIpc) is 2.85. The highest BCUT2D eigenvalue weighted by Gasteiger charge is 2.23. The van der Waals surface area contributed by atoms with E-state index in [1.54, 1.807) is 14.2 Å². The number of aromatic nitrogens is 2. The van der Waals surface area contributed by atoms with Gasteiger partial charge in [0, 0.05) is 19.0 Å². The van der Waals surface area contributed by atoms with E-state index in [1.165, 1.54) is 10.9 Å². The predicted molar refractivity (Wildman–Crippen MR) is 86.0 cm³/mol. The van der Waals surface area contributed by atoms with Crippen LogP contribution >= 0.6 is 0 Å². The molecule has 0 aliphatic heterocycles. The number of benzene rings is 1. The van der Waals surface area contributed by atoms with Gasteiger partial charge in [0.1, 0.15) is 17.1 Å². The molecule has 0 saturated heterocycles. The van der Waals surface area contributed by atoms with Crippen molar-refractivity contribution in [2.45, 2.75) is 19.3 Å². The number of methoxy groups -OCH3 is 1. The maximum atomic E-state index is 12.2. The number of nitrogens with one attached hydrogen (secondary N) is 1. The minimum Gasteiger partial charge on any atom is -0.497 e. The molecule has 0 fully saturated rings. The van der Waals surface area contributed by atoms with Gasteiger partial charge in [-0.15, -0.1) is 0 Å². The van der Waals surface area contributed by atoms with Gasteiger partial charge < -0.3 is 15.8 Å². The summed E-state index contributed by atoms with van der Waals surface area (Å²) in [6.07, 6.45) is 1.48. The molecule has 0 radical (unpaired) electrons. The zero-order chi connectivity index (χ0) is 16.3. The number of rotatable bonds is 5. The number of anilines is 1. The van der Waals surface area contributed by atoms with Crippen LogP contribution in [0.15, 0.2) is 30.5 Å². The van der Waals surface area contributed by atoms with Gasteiger partial charge in [0.2, 0.25) is 0 Å². The first kappa shape index (κ1) is 15.9. The monoisotopic (exact) mass is 302 g/mol. The fraction of sp³-hybridized carbons (Fsp3) is 0.375. The van der Waals surface area contributed by atoms with Crippen LogP contribution in [0.3, 0.4) is 0 Å². The van der Waals surface area contributed by atoms with Gasteiger partial charge in [-0.2, -0.15) is 5.10 Å². The zero-order valence-corrected chi connectivity index (χ0v) is 13.4. The van der Waals surface area contributed by atoms with Crippen molar-refractivity contribution >= 4 is 11.7 Å². The van der Waals surface area contributed by atoms with E-state index in [1.807, 2.05) is 24.3 Å². The number of carbonyl (C=O) groups is 1. The summed E-state index contributed by atoms with van der Waals surface area (Å²) in [5.74, 6) is 0.957. The molecule has 6 heteroatoms. The third-order valence-corrected chi connectivity index (χ3v) is 3.79. The molecule has 1 heterocycles. The van der Waals surface area contributed by atoms with Crippen LogP contribution in [0.4, 0.5) is 5.82 Å². The normalized spacial score (nSPS) is 11.3. The lowest BCUT2D eigenvalue weighted by atomic mass is 9.84. The van der Waals surface area contributed by atoms with E-state index in [-0.39, 0.29) is 11.3 Å². The van der Waals surface area contributed by atoms with Gasteiger partial charge in [-0.1, -0.05) is 26.0 Å². The van der Waals surface area contributed by atoms with Crippen molar-refractivity contribution in [3.63, 3.8) is 0 Å².